The normalized spacial score (nSPS) is 14.9. The Balaban J connectivity index is 0.00000320. The Labute approximate surface area is 196 Å². The van der Waals surface area contributed by atoms with Crippen LogP contribution in [0.15, 0.2) is 35.3 Å². The number of aliphatic hydroxyl groups excluding tert-OH is 1. The molecule has 30 heavy (non-hydrogen) atoms. The van der Waals surface area contributed by atoms with Crippen molar-refractivity contribution in [2.24, 2.45) is 4.99 Å². The largest absolute Gasteiger partial charge is 0.396 e. The zero-order chi connectivity index (χ0) is 20.3. The van der Waals surface area contributed by atoms with Gasteiger partial charge in [-0.25, -0.2) is 0 Å². The first-order chi connectivity index (χ1) is 14.3. The Kier molecular flexibility index (Phi) is 11.1. The van der Waals surface area contributed by atoms with Crippen molar-refractivity contribution >= 4 is 29.9 Å². The maximum atomic E-state index is 9.73. The molecule has 1 aliphatic rings. The van der Waals surface area contributed by atoms with Crippen LogP contribution in [0.5, 0.6) is 0 Å². The van der Waals surface area contributed by atoms with Gasteiger partial charge in [-0.05, 0) is 31.7 Å². The van der Waals surface area contributed by atoms with Crippen molar-refractivity contribution in [1.29, 1.82) is 0 Å². The number of guanidine groups is 1. The van der Waals surface area contributed by atoms with E-state index >= 15 is 0 Å². The van der Waals surface area contributed by atoms with Crippen LogP contribution >= 0.6 is 24.0 Å². The molecule has 0 radical (unpaired) electrons. The molecule has 0 aliphatic carbocycles. The Hall–Kier alpha value is -1.68. The first kappa shape index (κ1) is 24.6. The summed E-state index contributed by atoms with van der Waals surface area (Å²) >= 11 is 0. The zero-order valence-corrected chi connectivity index (χ0v) is 20.2. The van der Waals surface area contributed by atoms with Gasteiger partial charge >= 0.3 is 0 Å². The van der Waals surface area contributed by atoms with Crippen molar-refractivity contribution in [3.8, 4) is 0 Å². The maximum absolute atomic E-state index is 9.73. The molecular formula is C22H35IN6O. The van der Waals surface area contributed by atoms with Gasteiger partial charge in [0.15, 0.2) is 5.96 Å². The van der Waals surface area contributed by atoms with E-state index in [9.17, 15) is 5.11 Å². The van der Waals surface area contributed by atoms with Gasteiger partial charge in [0, 0.05) is 38.4 Å². The van der Waals surface area contributed by atoms with Gasteiger partial charge in [-0.1, -0.05) is 36.8 Å². The summed E-state index contributed by atoms with van der Waals surface area (Å²) in [4.78, 5) is 4.68. The standard InChI is InChI=1S/C22H34N6O.HI/c1-2-23-22(25-16-19(17-29)18-10-5-3-6-11-18)24-14-9-13-21-27-26-20-12-7-4-8-15-28(20)21;/h3,5-6,10-11,19,29H,2,4,7-9,12-17H2,1H3,(H2,23,24,25);1H. The third kappa shape index (κ3) is 7.23. The number of aliphatic hydroxyl groups is 1. The first-order valence-corrected chi connectivity index (χ1v) is 10.9. The van der Waals surface area contributed by atoms with Gasteiger partial charge in [0.25, 0.3) is 0 Å². The SMILES string of the molecule is CCNC(=NCC(CO)c1ccccc1)NCCCc1nnc2n1CCCCC2.I. The summed E-state index contributed by atoms with van der Waals surface area (Å²) in [6, 6.07) is 10.1. The van der Waals surface area contributed by atoms with Crippen LogP contribution in [0.4, 0.5) is 0 Å². The molecule has 0 amide bonds. The molecule has 3 N–H and O–H groups in total. The van der Waals surface area contributed by atoms with Crippen LogP contribution in [0.2, 0.25) is 0 Å². The third-order valence-electron chi connectivity index (χ3n) is 5.36. The van der Waals surface area contributed by atoms with Crippen LogP contribution in [0, 0.1) is 0 Å². The van der Waals surface area contributed by atoms with Gasteiger partial charge < -0.3 is 20.3 Å². The number of aromatic nitrogens is 3. The molecular weight excluding hydrogens is 491 g/mol. The molecule has 1 aromatic carbocycles. The third-order valence-corrected chi connectivity index (χ3v) is 5.36. The van der Waals surface area contributed by atoms with E-state index in [0.29, 0.717) is 6.54 Å². The number of hydrogen-bond donors (Lipinski definition) is 3. The van der Waals surface area contributed by atoms with E-state index in [-0.39, 0.29) is 36.5 Å². The van der Waals surface area contributed by atoms with Gasteiger partial charge in [0.05, 0.1) is 13.2 Å². The molecule has 0 bridgehead atoms. The predicted octanol–water partition coefficient (Wildman–Crippen LogP) is 2.89. The average Bonchev–Trinajstić information content (AvgIpc) is 2.98. The van der Waals surface area contributed by atoms with Gasteiger partial charge in [-0.3, -0.25) is 4.99 Å². The summed E-state index contributed by atoms with van der Waals surface area (Å²) in [6.45, 7) is 5.38. The van der Waals surface area contributed by atoms with E-state index in [1.807, 2.05) is 30.3 Å². The van der Waals surface area contributed by atoms with Crippen molar-refractivity contribution < 1.29 is 5.11 Å². The lowest BCUT2D eigenvalue weighted by Gasteiger charge is -2.15. The molecule has 0 fully saturated rings. The minimum Gasteiger partial charge on any atom is -0.396 e. The summed E-state index contributed by atoms with van der Waals surface area (Å²) in [5.41, 5.74) is 1.11. The Morgan fingerprint density at radius 1 is 1.17 bits per heavy atom. The van der Waals surface area contributed by atoms with E-state index in [0.717, 1.165) is 62.1 Å². The Morgan fingerprint density at radius 2 is 2.00 bits per heavy atom. The van der Waals surface area contributed by atoms with Gasteiger partial charge in [0.2, 0.25) is 0 Å². The summed E-state index contributed by atoms with van der Waals surface area (Å²) < 4.78 is 2.32. The monoisotopic (exact) mass is 526 g/mol. The molecule has 0 saturated heterocycles. The maximum Gasteiger partial charge on any atom is 0.191 e. The Bertz CT molecular complexity index is 764. The number of halogens is 1. The smallest absolute Gasteiger partial charge is 0.191 e. The molecule has 8 heteroatoms. The van der Waals surface area contributed by atoms with E-state index < -0.39 is 0 Å². The van der Waals surface area contributed by atoms with Crippen molar-refractivity contribution in [2.75, 3.05) is 26.2 Å². The lowest BCUT2D eigenvalue weighted by molar-refractivity contribution is 0.268. The molecule has 1 aromatic heterocycles. The molecule has 1 atom stereocenters. The molecule has 166 valence electrons. The highest BCUT2D eigenvalue weighted by molar-refractivity contribution is 14.0. The first-order valence-electron chi connectivity index (χ1n) is 10.9. The van der Waals surface area contributed by atoms with Gasteiger partial charge in [0.1, 0.15) is 11.6 Å². The second-order valence-corrected chi connectivity index (χ2v) is 7.53. The lowest BCUT2D eigenvalue weighted by Crippen LogP contribution is -2.38. The van der Waals surface area contributed by atoms with Crippen molar-refractivity contribution in [2.45, 2.75) is 57.9 Å². The van der Waals surface area contributed by atoms with Crippen molar-refractivity contribution in [3.63, 3.8) is 0 Å². The van der Waals surface area contributed by atoms with E-state index in [2.05, 4.69) is 37.3 Å². The topological polar surface area (TPSA) is 87.4 Å². The van der Waals surface area contributed by atoms with Crippen molar-refractivity contribution in [3.05, 3.63) is 47.5 Å². The highest BCUT2D eigenvalue weighted by Crippen LogP contribution is 2.16. The number of aryl methyl sites for hydroxylation is 2. The van der Waals surface area contributed by atoms with E-state index in [1.165, 1.54) is 19.3 Å². The van der Waals surface area contributed by atoms with Crippen LogP contribution in [-0.4, -0.2) is 52.1 Å². The molecule has 1 aliphatic heterocycles. The summed E-state index contributed by atoms with van der Waals surface area (Å²) in [5.74, 6) is 3.06. The Morgan fingerprint density at radius 3 is 2.77 bits per heavy atom. The fourth-order valence-corrected chi connectivity index (χ4v) is 3.72. The van der Waals surface area contributed by atoms with Crippen LogP contribution in [0.3, 0.4) is 0 Å². The molecule has 3 rings (SSSR count). The van der Waals surface area contributed by atoms with Crippen LogP contribution < -0.4 is 10.6 Å². The average molecular weight is 526 g/mol. The minimum atomic E-state index is 0. The molecule has 7 nitrogen and oxygen atoms in total. The lowest BCUT2D eigenvalue weighted by atomic mass is 10.0. The minimum absolute atomic E-state index is 0. The number of rotatable bonds is 9. The van der Waals surface area contributed by atoms with Crippen LogP contribution in [0.1, 0.15) is 55.7 Å². The summed E-state index contributed by atoms with van der Waals surface area (Å²) in [5, 5.41) is 25.2. The fraction of sp³-hybridized carbons (Fsp3) is 0.591. The second kappa shape index (κ2) is 13.6. The van der Waals surface area contributed by atoms with E-state index in [1.54, 1.807) is 0 Å². The molecule has 2 aromatic rings. The number of nitrogens with one attached hydrogen (secondary N) is 2. The highest BCUT2D eigenvalue weighted by Gasteiger charge is 2.14. The number of aliphatic imine (C=N–C) groups is 1. The van der Waals surface area contributed by atoms with E-state index in [4.69, 9.17) is 0 Å². The van der Waals surface area contributed by atoms with Gasteiger partial charge in [-0.15, -0.1) is 34.2 Å². The molecule has 2 heterocycles. The predicted molar refractivity (Wildman–Crippen MR) is 132 cm³/mol. The van der Waals surface area contributed by atoms with Crippen LogP contribution in [-0.2, 0) is 19.4 Å². The summed E-state index contributed by atoms with van der Waals surface area (Å²) in [7, 11) is 0. The molecule has 0 spiro atoms. The summed E-state index contributed by atoms with van der Waals surface area (Å²) in [6.07, 6.45) is 6.68. The number of nitrogens with zero attached hydrogens (tertiary/aromatic N) is 4. The van der Waals surface area contributed by atoms with Gasteiger partial charge in [-0.2, -0.15) is 0 Å². The van der Waals surface area contributed by atoms with Crippen molar-refractivity contribution in [1.82, 2.24) is 25.4 Å². The second-order valence-electron chi connectivity index (χ2n) is 7.53. The number of hydrogen-bond acceptors (Lipinski definition) is 4. The fourth-order valence-electron chi connectivity index (χ4n) is 3.72. The highest BCUT2D eigenvalue weighted by atomic mass is 127. The molecule has 0 saturated carbocycles. The number of fused-ring (bicyclic) bond motifs is 1. The molecule has 1 unspecified atom stereocenters. The number of benzene rings is 1. The van der Waals surface area contributed by atoms with Crippen LogP contribution in [0.25, 0.3) is 0 Å². The zero-order valence-electron chi connectivity index (χ0n) is 17.9. The quantitative estimate of drug-likeness (QED) is 0.203.